The maximum Gasteiger partial charge on any atom is 0.129 e. The molecule has 1 N–H and O–H groups in total. The molecular weight excluding hydrogens is 232 g/mol. The summed E-state index contributed by atoms with van der Waals surface area (Å²) in [4.78, 5) is 0. The number of rotatable bonds is 5. The first kappa shape index (κ1) is 13.5. The third-order valence-corrected chi connectivity index (χ3v) is 3.89. The van der Waals surface area contributed by atoms with Gasteiger partial charge in [0.05, 0.1) is 0 Å². The molecule has 2 unspecified atom stereocenters. The summed E-state index contributed by atoms with van der Waals surface area (Å²) in [6, 6.07) is 4.12. The van der Waals surface area contributed by atoms with E-state index in [1.54, 1.807) is 0 Å². The molecule has 0 saturated heterocycles. The maximum absolute atomic E-state index is 13.7. The van der Waals surface area contributed by atoms with Crippen molar-refractivity contribution in [2.75, 3.05) is 13.1 Å². The van der Waals surface area contributed by atoms with E-state index in [1.165, 1.54) is 18.2 Å². The van der Waals surface area contributed by atoms with Crippen molar-refractivity contribution in [2.24, 2.45) is 11.8 Å². The number of hydrogen-bond acceptors (Lipinski definition) is 1. The zero-order chi connectivity index (χ0) is 13.3. The predicted octanol–water partition coefficient (Wildman–Crippen LogP) is 3.49. The molecule has 0 aromatic heterocycles. The van der Waals surface area contributed by atoms with Gasteiger partial charge in [-0.05, 0) is 43.5 Å². The summed E-state index contributed by atoms with van der Waals surface area (Å²) >= 11 is 0. The van der Waals surface area contributed by atoms with Crippen LogP contribution < -0.4 is 5.32 Å². The Bertz CT molecular complexity index is 410. The van der Waals surface area contributed by atoms with Crippen LogP contribution in [-0.2, 0) is 5.41 Å². The molecule has 0 radical (unpaired) electrons. The Morgan fingerprint density at radius 3 is 2.50 bits per heavy atom. The third-order valence-electron chi connectivity index (χ3n) is 3.89. The van der Waals surface area contributed by atoms with E-state index in [4.69, 9.17) is 0 Å². The lowest BCUT2D eigenvalue weighted by molar-refractivity contribution is 0.485. The molecule has 1 aromatic carbocycles. The van der Waals surface area contributed by atoms with Crippen molar-refractivity contribution < 1.29 is 8.78 Å². The maximum atomic E-state index is 13.7. The van der Waals surface area contributed by atoms with E-state index in [0.29, 0.717) is 11.8 Å². The zero-order valence-electron chi connectivity index (χ0n) is 11.3. The number of hydrogen-bond donors (Lipinski definition) is 1. The molecule has 18 heavy (non-hydrogen) atoms. The first-order valence-corrected chi connectivity index (χ1v) is 6.60. The minimum Gasteiger partial charge on any atom is -0.316 e. The molecule has 0 aliphatic heterocycles. The molecule has 0 amide bonds. The summed E-state index contributed by atoms with van der Waals surface area (Å²) in [6.45, 7) is 8.04. The molecule has 100 valence electrons. The van der Waals surface area contributed by atoms with Gasteiger partial charge in [-0.3, -0.25) is 0 Å². The standard InChI is InChI=1S/C15H21F2N/c1-10(2)8-18-9-11-7-15(11,3)14-12(16)5-4-6-13(14)17/h4-6,10-11,18H,7-9H2,1-3H3. The molecule has 2 atom stereocenters. The average molecular weight is 253 g/mol. The fourth-order valence-corrected chi connectivity index (χ4v) is 2.65. The minimum absolute atomic E-state index is 0.265. The van der Waals surface area contributed by atoms with Gasteiger partial charge in [-0.25, -0.2) is 8.78 Å². The fraction of sp³-hybridized carbons (Fsp3) is 0.600. The molecule has 1 aromatic rings. The molecule has 1 nitrogen and oxygen atoms in total. The van der Waals surface area contributed by atoms with Crippen molar-refractivity contribution in [1.29, 1.82) is 0 Å². The van der Waals surface area contributed by atoms with Gasteiger partial charge in [0.25, 0.3) is 0 Å². The Labute approximate surface area is 108 Å². The smallest absolute Gasteiger partial charge is 0.129 e. The van der Waals surface area contributed by atoms with Gasteiger partial charge in [0.1, 0.15) is 11.6 Å². The van der Waals surface area contributed by atoms with Crippen molar-refractivity contribution >= 4 is 0 Å². The highest BCUT2D eigenvalue weighted by Gasteiger charge is 2.53. The number of halogens is 2. The molecular formula is C15H21F2N. The van der Waals surface area contributed by atoms with Crippen LogP contribution in [0.15, 0.2) is 18.2 Å². The van der Waals surface area contributed by atoms with Gasteiger partial charge in [-0.15, -0.1) is 0 Å². The molecule has 2 rings (SSSR count). The van der Waals surface area contributed by atoms with Crippen LogP contribution in [0.2, 0.25) is 0 Å². The van der Waals surface area contributed by atoms with Gasteiger partial charge in [-0.2, -0.15) is 0 Å². The lowest BCUT2D eigenvalue weighted by Crippen LogP contribution is -2.24. The van der Waals surface area contributed by atoms with E-state index in [-0.39, 0.29) is 11.0 Å². The summed E-state index contributed by atoms with van der Waals surface area (Å²) in [5, 5.41) is 3.37. The molecule has 1 aliphatic rings. The quantitative estimate of drug-likeness (QED) is 0.847. The van der Waals surface area contributed by atoms with Crippen LogP contribution in [-0.4, -0.2) is 13.1 Å². The second kappa shape index (κ2) is 4.96. The Morgan fingerprint density at radius 2 is 1.94 bits per heavy atom. The third kappa shape index (κ3) is 2.56. The van der Waals surface area contributed by atoms with Crippen molar-refractivity contribution in [1.82, 2.24) is 5.32 Å². The Hall–Kier alpha value is -0.960. The highest BCUT2D eigenvalue weighted by Crippen LogP contribution is 2.54. The first-order valence-electron chi connectivity index (χ1n) is 6.60. The van der Waals surface area contributed by atoms with Crippen LogP contribution in [0.25, 0.3) is 0 Å². The van der Waals surface area contributed by atoms with Crippen LogP contribution in [0.4, 0.5) is 8.78 Å². The Balaban J connectivity index is 2.02. The summed E-state index contributed by atoms with van der Waals surface area (Å²) in [5.74, 6) is 0.107. The number of nitrogens with one attached hydrogen (secondary N) is 1. The van der Waals surface area contributed by atoms with Gasteiger partial charge in [-0.1, -0.05) is 26.8 Å². The van der Waals surface area contributed by atoms with E-state index < -0.39 is 11.6 Å². The predicted molar refractivity (Wildman–Crippen MR) is 69.5 cm³/mol. The van der Waals surface area contributed by atoms with Gasteiger partial charge in [0.2, 0.25) is 0 Å². The zero-order valence-corrected chi connectivity index (χ0v) is 11.3. The number of benzene rings is 1. The molecule has 0 heterocycles. The average Bonchev–Trinajstić information content (AvgIpc) is 2.89. The lowest BCUT2D eigenvalue weighted by Gasteiger charge is -2.15. The lowest BCUT2D eigenvalue weighted by atomic mass is 9.94. The van der Waals surface area contributed by atoms with E-state index in [1.807, 2.05) is 6.92 Å². The first-order chi connectivity index (χ1) is 8.45. The molecule has 0 spiro atoms. The van der Waals surface area contributed by atoms with Crippen LogP contribution in [0.5, 0.6) is 0 Å². The van der Waals surface area contributed by atoms with Crippen molar-refractivity contribution in [3.8, 4) is 0 Å². The fourth-order valence-electron chi connectivity index (χ4n) is 2.65. The summed E-state index contributed by atoms with van der Waals surface area (Å²) < 4.78 is 27.5. The van der Waals surface area contributed by atoms with Crippen LogP contribution >= 0.6 is 0 Å². The van der Waals surface area contributed by atoms with Crippen molar-refractivity contribution in [3.05, 3.63) is 35.4 Å². The SMILES string of the molecule is CC(C)CNCC1CC1(C)c1c(F)cccc1F. The summed E-state index contributed by atoms with van der Waals surface area (Å²) in [7, 11) is 0. The van der Waals surface area contributed by atoms with Crippen LogP contribution in [0.1, 0.15) is 32.8 Å². The second-order valence-corrected chi connectivity index (χ2v) is 5.97. The Kier molecular flexibility index (Phi) is 3.71. The van der Waals surface area contributed by atoms with Crippen LogP contribution in [0.3, 0.4) is 0 Å². The largest absolute Gasteiger partial charge is 0.316 e. The highest BCUT2D eigenvalue weighted by atomic mass is 19.1. The summed E-state index contributed by atoms with van der Waals surface area (Å²) in [6.07, 6.45) is 0.857. The van der Waals surface area contributed by atoms with E-state index >= 15 is 0 Å². The van der Waals surface area contributed by atoms with E-state index in [9.17, 15) is 8.78 Å². The second-order valence-electron chi connectivity index (χ2n) is 5.97. The van der Waals surface area contributed by atoms with Gasteiger partial charge < -0.3 is 5.32 Å². The van der Waals surface area contributed by atoms with E-state index in [0.717, 1.165) is 19.5 Å². The van der Waals surface area contributed by atoms with Gasteiger partial charge in [0.15, 0.2) is 0 Å². The normalized spacial score (nSPS) is 26.7. The molecule has 3 heteroatoms. The van der Waals surface area contributed by atoms with Gasteiger partial charge >= 0.3 is 0 Å². The molecule has 1 fully saturated rings. The molecule has 0 bridgehead atoms. The van der Waals surface area contributed by atoms with Crippen molar-refractivity contribution in [2.45, 2.75) is 32.6 Å². The van der Waals surface area contributed by atoms with E-state index in [2.05, 4.69) is 19.2 Å². The highest BCUT2D eigenvalue weighted by molar-refractivity contribution is 5.35. The molecule has 1 aliphatic carbocycles. The minimum atomic E-state index is -0.413. The van der Waals surface area contributed by atoms with Crippen LogP contribution in [0, 0.1) is 23.5 Å². The summed E-state index contributed by atoms with van der Waals surface area (Å²) in [5.41, 5.74) is -0.0688. The molecule has 1 saturated carbocycles. The van der Waals surface area contributed by atoms with Gasteiger partial charge in [0, 0.05) is 11.0 Å². The monoisotopic (exact) mass is 253 g/mol. The Morgan fingerprint density at radius 1 is 1.33 bits per heavy atom. The van der Waals surface area contributed by atoms with Crippen molar-refractivity contribution in [3.63, 3.8) is 0 Å². The topological polar surface area (TPSA) is 12.0 Å².